The van der Waals surface area contributed by atoms with Crippen molar-refractivity contribution >= 4 is 16.3 Å². The van der Waals surface area contributed by atoms with Crippen LogP contribution >= 0.6 is 11.3 Å². The van der Waals surface area contributed by atoms with Gasteiger partial charge in [0, 0.05) is 17.9 Å². The van der Waals surface area contributed by atoms with Crippen molar-refractivity contribution in [1.29, 1.82) is 0 Å². The first-order valence-electron chi connectivity index (χ1n) is 6.33. The van der Waals surface area contributed by atoms with Gasteiger partial charge in [-0.05, 0) is 36.6 Å². The lowest BCUT2D eigenvalue weighted by molar-refractivity contribution is 0.357. The summed E-state index contributed by atoms with van der Waals surface area (Å²) in [5.74, 6) is 1.68. The van der Waals surface area contributed by atoms with Crippen molar-refractivity contribution in [2.24, 2.45) is 0 Å². The van der Waals surface area contributed by atoms with Crippen LogP contribution in [-0.4, -0.2) is 11.6 Å². The Kier molecular flexibility index (Phi) is 2.14. The quantitative estimate of drug-likeness (QED) is 0.899. The molecule has 2 heterocycles. The van der Waals surface area contributed by atoms with Gasteiger partial charge in [0.2, 0.25) is 0 Å². The van der Waals surface area contributed by atoms with Crippen LogP contribution in [0.15, 0.2) is 18.2 Å². The SMILES string of the molecule is Nc1sc(C2CC2)nc1-c1ccc2c(c1)CCO2. The molecule has 2 aliphatic rings. The van der Waals surface area contributed by atoms with E-state index in [0.717, 1.165) is 35.0 Å². The second-order valence-corrected chi connectivity index (χ2v) is 6.02. The third-order valence-electron chi connectivity index (χ3n) is 3.56. The molecule has 4 rings (SSSR count). The number of nitrogen functional groups attached to an aromatic ring is 1. The molecule has 4 heteroatoms. The van der Waals surface area contributed by atoms with E-state index < -0.39 is 0 Å². The lowest BCUT2D eigenvalue weighted by Crippen LogP contribution is -1.87. The first-order chi connectivity index (χ1) is 8.81. The summed E-state index contributed by atoms with van der Waals surface area (Å²) in [7, 11) is 0. The number of ether oxygens (including phenoxy) is 1. The van der Waals surface area contributed by atoms with Crippen LogP contribution in [0.2, 0.25) is 0 Å². The maximum atomic E-state index is 6.11. The van der Waals surface area contributed by atoms with Gasteiger partial charge in [-0.1, -0.05) is 0 Å². The number of benzene rings is 1. The summed E-state index contributed by atoms with van der Waals surface area (Å²) in [4.78, 5) is 4.72. The van der Waals surface area contributed by atoms with Gasteiger partial charge in [-0.2, -0.15) is 0 Å². The molecule has 2 aromatic rings. The second kappa shape index (κ2) is 3.72. The summed E-state index contributed by atoms with van der Waals surface area (Å²) in [6, 6.07) is 6.27. The highest BCUT2D eigenvalue weighted by atomic mass is 32.1. The lowest BCUT2D eigenvalue weighted by Gasteiger charge is -2.02. The molecule has 1 saturated carbocycles. The Morgan fingerprint density at radius 1 is 1.33 bits per heavy atom. The number of nitrogens with zero attached hydrogens (tertiary/aromatic N) is 1. The summed E-state index contributed by atoms with van der Waals surface area (Å²) in [5.41, 5.74) is 9.46. The minimum atomic E-state index is 0.670. The number of aromatic nitrogens is 1. The van der Waals surface area contributed by atoms with E-state index in [1.807, 2.05) is 6.07 Å². The smallest absolute Gasteiger partial charge is 0.122 e. The highest BCUT2D eigenvalue weighted by molar-refractivity contribution is 7.16. The molecule has 1 aromatic heterocycles. The Morgan fingerprint density at radius 3 is 3.06 bits per heavy atom. The molecule has 0 unspecified atom stereocenters. The number of hydrogen-bond acceptors (Lipinski definition) is 4. The molecule has 0 radical (unpaired) electrons. The van der Waals surface area contributed by atoms with E-state index in [9.17, 15) is 0 Å². The van der Waals surface area contributed by atoms with Crippen LogP contribution in [0, 0.1) is 0 Å². The molecule has 1 aliphatic heterocycles. The highest BCUT2D eigenvalue weighted by Gasteiger charge is 2.28. The van der Waals surface area contributed by atoms with Crippen LogP contribution in [0.4, 0.5) is 5.00 Å². The Bertz CT molecular complexity index is 616. The molecule has 18 heavy (non-hydrogen) atoms. The van der Waals surface area contributed by atoms with Gasteiger partial charge in [0.25, 0.3) is 0 Å². The normalized spacial score (nSPS) is 17.6. The number of thiazole rings is 1. The Labute approximate surface area is 110 Å². The van der Waals surface area contributed by atoms with E-state index in [-0.39, 0.29) is 0 Å². The predicted molar refractivity (Wildman–Crippen MR) is 73.1 cm³/mol. The predicted octanol–water partition coefficient (Wildman–Crippen LogP) is 3.20. The van der Waals surface area contributed by atoms with Crippen molar-refractivity contribution < 1.29 is 4.74 Å². The van der Waals surface area contributed by atoms with Crippen LogP contribution in [-0.2, 0) is 6.42 Å². The maximum Gasteiger partial charge on any atom is 0.122 e. The van der Waals surface area contributed by atoms with Crippen molar-refractivity contribution in [2.75, 3.05) is 12.3 Å². The molecule has 1 aliphatic carbocycles. The third-order valence-corrected chi connectivity index (χ3v) is 4.61. The monoisotopic (exact) mass is 258 g/mol. The topological polar surface area (TPSA) is 48.1 Å². The standard InChI is InChI=1S/C14H14N2OS/c15-13-12(16-14(18-13)8-1-2-8)10-3-4-11-9(7-10)5-6-17-11/h3-4,7-8H,1-2,5-6,15H2. The second-order valence-electron chi connectivity index (χ2n) is 4.96. The van der Waals surface area contributed by atoms with Gasteiger partial charge in [0.1, 0.15) is 16.4 Å². The van der Waals surface area contributed by atoms with Crippen molar-refractivity contribution in [3.8, 4) is 17.0 Å². The Morgan fingerprint density at radius 2 is 2.22 bits per heavy atom. The number of fused-ring (bicyclic) bond motifs is 1. The van der Waals surface area contributed by atoms with Gasteiger partial charge in [-0.3, -0.25) is 0 Å². The van der Waals surface area contributed by atoms with Gasteiger partial charge >= 0.3 is 0 Å². The van der Waals surface area contributed by atoms with E-state index >= 15 is 0 Å². The minimum absolute atomic E-state index is 0.670. The molecule has 0 atom stereocenters. The molecule has 0 amide bonds. The van der Waals surface area contributed by atoms with E-state index in [1.54, 1.807) is 11.3 Å². The molecular weight excluding hydrogens is 244 g/mol. The van der Waals surface area contributed by atoms with Crippen molar-refractivity contribution in [1.82, 2.24) is 4.98 Å². The van der Waals surface area contributed by atoms with Crippen LogP contribution < -0.4 is 10.5 Å². The summed E-state index contributed by atoms with van der Waals surface area (Å²) >= 11 is 1.65. The van der Waals surface area contributed by atoms with E-state index in [2.05, 4.69) is 12.1 Å². The average Bonchev–Trinajstić information content (AvgIpc) is 2.99. The van der Waals surface area contributed by atoms with Gasteiger partial charge in [-0.15, -0.1) is 11.3 Å². The van der Waals surface area contributed by atoms with Gasteiger partial charge in [-0.25, -0.2) is 4.98 Å². The molecular formula is C14H14N2OS. The Balaban J connectivity index is 1.77. The van der Waals surface area contributed by atoms with Crippen LogP contribution in [0.1, 0.15) is 29.3 Å². The molecule has 1 aromatic carbocycles. The van der Waals surface area contributed by atoms with E-state index in [0.29, 0.717) is 5.92 Å². The van der Waals surface area contributed by atoms with Crippen molar-refractivity contribution in [3.05, 3.63) is 28.8 Å². The van der Waals surface area contributed by atoms with Gasteiger partial charge in [0.05, 0.1) is 11.6 Å². The molecule has 0 saturated heterocycles. The summed E-state index contributed by atoms with van der Waals surface area (Å²) in [5, 5.41) is 2.05. The number of nitrogens with two attached hydrogens (primary N) is 1. The molecule has 2 N–H and O–H groups in total. The minimum Gasteiger partial charge on any atom is -0.493 e. The molecule has 1 fully saturated rings. The summed E-state index contributed by atoms with van der Waals surface area (Å²) in [6.07, 6.45) is 3.53. The lowest BCUT2D eigenvalue weighted by atomic mass is 10.1. The zero-order chi connectivity index (χ0) is 12.1. The largest absolute Gasteiger partial charge is 0.493 e. The first kappa shape index (κ1) is 10.4. The third kappa shape index (κ3) is 1.60. The molecule has 0 bridgehead atoms. The van der Waals surface area contributed by atoms with Crippen LogP contribution in [0.25, 0.3) is 11.3 Å². The number of hydrogen-bond donors (Lipinski definition) is 1. The fourth-order valence-electron chi connectivity index (χ4n) is 2.39. The highest BCUT2D eigenvalue weighted by Crippen LogP contribution is 2.45. The zero-order valence-corrected chi connectivity index (χ0v) is 10.8. The van der Waals surface area contributed by atoms with Gasteiger partial charge < -0.3 is 10.5 Å². The molecule has 3 nitrogen and oxygen atoms in total. The molecule has 92 valence electrons. The van der Waals surface area contributed by atoms with Crippen LogP contribution in [0.5, 0.6) is 5.75 Å². The zero-order valence-electron chi connectivity index (χ0n) is 9.98. The van der Waals surface area contributed by atoms with E-state index in [1.165, 1.54) is 23.4 Å². The average molecular weight is 258 g/mol. The fraction of sp³-hybridized carbons (Fsp3) is 0.357. The summed E-state index contributed by atoms with van der Waals surface area (Å²) in [6.45, 7) is 0.790. The summed E-state index contributed by atoms with van der Waals surface area (Å²) < 4.78 is 5.52. The van der Waals surface area contributed by atoms with Crippen molar-refractivity contribution in [3.63, 3.8) is 0 Å². The Hall–Kier alpha value is -1.55. The molecule has 0 spiro atoms. The fourth-order valence-corrected chi connectivity index (χ4v) is 3.42. The van der Waals surface area contributed by atoms with Crippen LogP contribution in [0.3, 0.4) is 0 Å². The van der Waals surface area contributed by atoms with Crippen molar-refractivity contribution in [2.45, 2.75) is 25.2 Å². The number of anilines is 1. The first-order valence-corrected chi connectivity index (χ1v) is 7.15. The van der Waals surface area contributed by atoms with E-state index in [4.69, 9.17) is 15.5 Å². The maximum absolute atomic E-state index is 6.11. The van der Waals surface area contributed by atoms with Gasteiger partial charge in [0.15, 0.2) is 0 Å². The number of rotatable bonds is 2.